The highest BCUT2D eigenvalue weighted by Crippen LogP contribution is 2.30. The van der Waals surface area contributed by atoms with Crippen LogP contribution in [0.25, 0.3) is 11.3 Å². The van der Waals surface area contributed by atoms with E-state index in [1.807, 2.05) is 45.0 Å². The lowest BCUT2D eigenvalue weighted by Crippen LogP contribution is -2.25. The van der Waals surface area contributed by atoms with Crippen LogP contribution in [0.4, 0.5) is 0 Å². The van der Waals surface area contributed by atoms with E-state index in [4.69, 9.17) is 0 Å². The van der Waals surface area contributed by atoms with Crippen molar-refractivity contribution in [2.45, 2.75) is 46.0 Å². The van der Waals surface area contributed by atoms with Crippen molar-refractivity contribution in [1.29, 1.82) is 0 Å². The van der Waals surface area contributed by atoms with E-state index in [9.17, 15) is 9.90 Å². The Balaban J connectivity index is 1.85. The van der Waals surface area contributed by atoms with Crippen LogP contribution >= 0.6 is 0 Å². The molecule has 1 aromatic carbocycles. The van der Waals surface area contributed by atoms with Crippen LogP contribution in [-0.4, -0.2) is 41.7 Å². The summed E-state index contributed by atoms with van der Waals surface area (Å²) in [6.45, 7) is 5.85. The van der Waals surface area contributed by atoms with Gasteiger partial charge in [-0.15, -0.1) is 10.2 Å². The highest BCUT2D eigenvalue weighted by molar-refractivity contribution is 5.71. The number of hydrogen-bond donors (Lipinski definition) is 2. The molecule has 0 saturated heterocycles. The van der Waals surface area contributed by atoms with Gasteiger partial charge in [0.05, 0.1) is 29.2 Å². The van der Waals surface area contributed by atoms with Gasteiger partial charge in [-0.05, 0) is 32.3 Å². The Morgan fingerprint density at radius 1 is 1.18 bits per heavy atom. The number of nitrogens with zero attached hydrogens (tertiary/aromatic N) is 5. The lowest BCUT2D eigenvalue weighted by Gasteiger charge is -2.21. The van der Waals surface area contributed by atoms with E-state index in [-0.39, 0.29) is 5.92 Å². The molecular formula is C20H24N6O2. The van der Waals surface area contributed by atoms with E-state index >= 15 is 0 Å². The molecule has 0 fully saturated rings. The second kappa shape index (κ2) is 8.69. The highest BCUT2D eigenvalue weighted by Gasteiger charge is 2.31. The normalized spacial score (nSPS) is 13.2. The number of hydrogen-bond acceptors (Lipinski definition) is 6. The van der Waals surface area contributed by atoms with Crippen molar-refractivity contribution in [1.82, 2.24) is 30.6 Å². The van der Waals surface area contributed by atoms with Crippen molar-refractivity contribution in [2.75, 3.05) is 0 Å². The lowest BCUT2D eigenvalue weighted by molar-refractivity contribution is -0.142. The third kappa shape index (κ3) is 4.39. The molecule has 2 aromatic heterocycles. The van der Waals surface area contributed by atoms with Gasteiger partial charge in [-0.25, -0.2) is 4.98 Å². The van der Waals surface area contributed by atoms with Crippen LogP contribution in [0.15, 0.2) is 30.5 Å². The third-order valence-corrected chi connectivity index (χ3v) is 4.99. The standard InChI is InChI=1S/C20H24N6O2/c1-4-5-16(20(27)28)17(19-23-25-26-24-19)10-14-6-8-15(9-7-14)18-11-21-12(2)13(3)22-18/h6-9,11,16-17H,4-5,10H2,1-3H3,(H,27,28)(H,23,24,25,26)/t16-,17-/m0/s1. The quantitative estimate of drug-likeness (QED) is 0.616. The number of H-pyrrole nitrogens is 1. The van der Waals surface area contributed by atoms with Crippen molar-refractivity contribution >= 4 is 5.97 Å². The number of carboxylic acid groups (broad SMARTS) is 1. The molecule has 0 spiro atoms. The van der Waals surface area contributed by atoms with Gasteiger partial charge in [-0.3, -0.25) is 9.78 Å². The Hall–Kier alpha value is -3.16. The Kier molecular flexibility index (Phi) is 6.08. The predicted molar refractivity (Wildman–Crippen MR) is 104 cm³/mol. The zero-order chi connectivity index (χ0) is 20.1. The number of benzene rings is 1. The van der Waals surface area contributed by atoms with Crippen molar-refractivity contribution in [3.05, 3.63) is 53.2 Å². The molecule has 0 amide bonds. The average molecular weight is 380 g/mol. The van der Waals surface area contributed by atoms with Gasteiger partial charge in [0.15, 0.2) is 5.82 Å². The van der Waals surface area contributed by atoms with Gasteiger partial charge in [0.25, 0.3) is 0 Å². The highest BCUT2D eigenvalue weighted by atomic mass is 16.4. The molecule has 28 heavy (non-hydrogen) atoms. The van der Waals surface area contributed by atoms with E-state index < -0.39 is 11.9 Å². The molecule has 3 aromatic rings. The molecule has 0 radical (unpaired) electrons. The summed E-state index contributed by atoms with van der Waals surface area (Å²) in [4.78, 5) is 20.8. The van der Waals surface area contributed by atoms with Gasteiger partial charge in [-0.2, -0.15) is 5.21 Å². The number of aliphatic carboxylic acids is 1. The van der Waals surface area contributed by atoms with Crippen LogP contribution in [0.5, 0.6) is 0 Å². The Morgan fingerprint density at radius 2 is 1.93 bits per heavy atom. The smallest absolute Gasteiger partial charge is 0.307 e. The van der Waals surface area contributed by atoms with Crippen LogP contribution in [0.2, 0.25) is 0 Å². The molecule has 0 aliphatic rings. The number of tetrazole rings is 1. The SMILES string of the molecule is CCC[C@H](C(=O)O)[C@H](Cc1ccc(-c2cnc(C)c(C)n2)cc1)c1nn[nH]n1. The average Bonchev–Trinajstić information content (AvgIpc) is 3.21. The number of aromatic amines is 1. The molecule has 3 rings (SSSR count). The molecule has 8 nitrogen and oxygen atoms in total. The molecule has 8 heteroatoms. The summed E-state index contributed by atoms with van der Waals surface area (Å²) >= 11 is 0. The van der Waals surface area contributed by atoms with Crippen LogP contribution in [0, 0.1) is 19.8 Å². The molecule has 2 atom stereocenters. The first-order valence-electron chi connectivity index (χ1n) is 9.35. The lowest BCUT2D eigenvalue weighted by atomic mass is 9.83. The van der Waals surface area contributed by atoms with Gasteiger partial charge in [-0.1, -0.05) is 42.8 Å². The Bertz CT molecular complexity index is 924. The molecule has 2 N–H and O–H groups in total. The van der Waals surface area contributed by atoms with E-state index in [1.54, 1.807) is 6.20 Å². The van der Waals surface area contributed by atoms with E-state index in [2.05, 4.69) is 30.6 Å². The van der Waals surface area contributed by atoms with Gasteiger partial charge in [0.2, 0.25) is 0 Å². The number of carboxylic acids is 1. The zero-order valence-corrected chi connectivity index (χ0v) is 16.3. The summed E-state index contributed by atoms with van der Waals surface area (Å²) < 4.78 is 0. The molecular weight excluding hydrogens is 356 g/mol. The maximum Gasteiger partial charge on any atom is 0.307 e. The molecule has 146 valence electrons. The minimum atomic E-state index is -0.835. The minimum absolute atomic E-state index is 0.344. The third-order valence-electron chi connectivity index (χ3n) is 4.99. The molecule has 0 aliphatic heterocycles. The first-order valence-corrected chi connectivity index (χ1v) is 9.35. The van der Waals surface area contributed by atoms with Crippen LogP contribution < -0.4 is 0 Å². The van der Waals surface area contributed by atoms with Crippen LogP contribution in [-0.2, 0) is 11.2 Å². The first kappa shape index (κ1) is 19.6. The summed E-state index contributed by atoms with van der Waals surface area (Å²) in [6.07, 6.45) is 3.62. The Morgan fingerprint density at radius 3 is 2.50 bits per heavy atom. The predicted octanol–water partition coefficient (Wildman–Crippen LogP) is 3.10. The summed E-state index contributed by atoms with van der Waals surface area (Å²) in [6, 6.07) is 7.95. The summed E-state index contributed by atoms with van der Waals surface area (Å²) in [5, 5.41) is 23.8. The number of rotatable bonds is 8. The molecule has 0 unspecified atom stereocenters. The van der Waals surface area contributed by atoms with E-state index in [1.165, 1.54) is 0 Å². The molecule has 2 heterocycles. The fourth-order valence-corrected chi connectivity index (χ4v) is 3.29. The van der Waals surface area contributed by atoms with Crippen LogP contribution in [0.1, 0.15) is 48.5 Å². The second-order valence-electron chi connectivity index (χ2n) is 6.94. The van der Waals surface area contributed by atoms with Gasteiger partial charge < -0.3 is 5.11 Å². The van der Waals surface area contributed by atoms with Crippen molar-refractivity contribution in [2.24, 2.45) is 5.92 Å². The fraction of sp³-hybridized carbons (Fsp3) is 0.400. The monoisotopic (exact) mass is 380 g/mol. The van der Waals surface area contributed by atoms with Gasteiger partial charge in [0.1, 0.15) is 0 Å². The zero-order valence-electron chi connectivity index (χ0n) is 16.3. The van der Waals surface area contributed by atoms with Crippen molar-refractivity contribution in [3.63, 3.8) is 0 Å². The van der Waals surface area contributed by atoms with Crippen LogP contribution in [0.3, 0.4) is 0 Å². The number of nitrogens with one attached hydrogen (secondary N) is 1. The summed E-state index contributed by atoms with van der Waals surface area (Å²) in [5.74, 6) is -1.31. The van der Waals surface area contributed by atoms with Crippen molar-refractivity contribution < 1.29 is 9.90 Å². The fourth-order valence-electron chi connectivity index (χ4n) is 3.29. The first-order chi connectivity index (χ1) is 13.5. The van der Waals surface area contributed by atoms with E-state index in [0.717, 1.165) is 34.6 Å². The minimum Gasteiger partial charge on any atom is -0.481 e. The summed E-state index contributed by atoms with van der Waals surface area (Å²) in [5.41, 5.74) is 4.62. The molecule has 0 saturated carbocycles. The number of aryl methyl sites for hydroxylation is 2. The van der Waals surface area contributed by atoms with Gasteiger partial charge in [0, 0.05) is 11.5 Å². The second-order valence-corrected chi connectivity index (χ2v) is 6.94. The maximum absolute atomic E-state index is 11.8. The van der Waals surface area contributed by atoms with Crippen molar-refractivity contribution in [3.8, 4) is 11.3 Å². The van der Waals surface area contributed by atoms with Gasteiger partial charge >= 0.3 is 5.97 Å². The Labute approximate surface area is 163 Å². The number of carbonyl (C=O) groups is 1. The van der Waals surface area contributed by atoms with E-state index in [0.29, 0.717) is 18.7 Å². The topological polar surface area (TPSA) is 118 Å². The molecule has 0 aliphatic carbocycles. The molecule has 0 bridgehead atoms. The number of aromatic nitrogens is 6. The summed E-state index contributed by atoms with van der Waals surface area (Å²) in [7, 11) is 0. The maximum atomic E-state index is 11.8. The largest absolute Gasteiger partial charge is 0.481 e.